The first-order valence-electron chi connectivity index (χ1n) is 10.4. The second kappa shape index (κ2) is 10.8. The third-order valence-corrected chi connectivity index (χ3v) is 6.80. The third kappa shape index (κ3) is 6.47. The van der Waals surface area contributed by atoms with Crippen LogP contribution in [0.2, 0.25) is 0 Å². The minimum absolute atomic E-state index is 0.0125. The zero-order valence-electron chi connectivity index (χ0n) is 17.9. The zero-order chi connectivity index (χ0) is 23.1. The number of halogens is 2. The number of carbonyl (C=O) groups excluding carboxylic acids is 1. The fourth-order valence-corrected chi connectivity index (χ4v) is 4.59. The molecular weight excluding hydrogens is 440 g/mol. The molecule has 0 radical (unpaired) electrons. The monoisotopic (exact) mass is 467 g/mol. The number of rotatable bonds is 8. The summed E-state index contributed by atoms with van der Waals surface area (Å²) in [5.41, 5.74) is 1.16. The van der Waals surface area contributed by atoms with E-state index < -0.39 is 21.7 Å². The van der Waals surface area contributed by atoms with Crippen molar-refractivity contribution in [1.29, 1.82) is 0 Å². The fraction of sp³-hybridized carbons (Fsp3) is 0.409. The first-order valence-corrected chi connectivity index (χ1v) is 11.8. The predicted octanol–water partition coefficient (Wildman–Crippen LogP) is 2.38. The SMILES string of the molecule is COc1ccc(CN2CCCN(C(=O)CCNS(=O)(=O)c3ccc(F)c(F)c3)CC2)cc1. The van der Waals surface area contributed by atoms with Gasteiger partial charge >= 0.3 is 0 Å². The van der Waals surface area contributed by atoms with E-state index in [1.54, 1.807) is 12.0 Å². The number of carbonyl (C=O) groups is 1. The second-order valence-electron chi connectivity index (χ2n) is 7.58. The van der Waals surface area contributed by atoms with Gasteiger partial charge < -0.3 is 9.64 Å². The summed E-state index contributed by atoms with van der Waals surface area (Å²) in [6, 6.07) is 10.2. The lowest BCUT2D eigenvalue weighted by Crippen LogP contribution is -2.37. The van der Waals surface area contributed by atoms with Gasteiger partial charge in [-0.25, -0.2) is 21.9 Å². The van der Waals surface area contributed by atoms with E-state index in [-0.39, 0.29) is 23.8 Å². The molecule has 3 rings (SSSR count). The van der Waals surface area contributed by atoms with Crippen LogP contribution in [0.3, 0.4) is 0 Å². The van der Waals surface area contributed by atoms with Crippen LogP contribution >= 0.6 is 0 Å². The van der Waals surface area contributed by atoms with Gasteiger partial charge in [0.25, 0.3) is 0 Å². The Labute approximate surface area is 187 Å². The molecule has 1 heterocycles. The van der Waals surface area contributed by atoms with E-state index in [0.717, 1.165) is 49.5 Å². The standard InChI is InChI=1S/C22H27F2N3O4S/c1-31-18-5-3-17(4-6-18)16-26-11-2-12-27(14-13-26)22(28)9-10-25-32(29,30)19-7-8-20(23)21(24)15-19/h3-8,15,25H,2,9-14,16H2,1H3. The molecule has 1 aliphatic heterocycles. The van der Waals surface area contributed by atoms with Gasteiger partial charge in [0, 0.05) is 45.7 Å². The van der Waals surface area contributed by atoms with Crippen LogP contribution in [0.5, 0.6) is 5.75 Å². The summed E-state index contributed by atoms with van der Waals surface area (Å²) >= 11 is 0. The highest BCUT2D eigenvalue weighted by Gasteiger charge is 2.21. The molecule has 32 heavy (non-hydrogen) atoms. The number of sulfonamides is 1. The van der Waals surface area contributed by atoms with Gasteiger partial charge in [-0.15, -0.1) is 0 Å². The Morgan fingerprint density at radius 1 is 1.03 bits per heavy atom. The Morgan fingerprint density at radius 3 is 2.47 bits per heavy atom. The predicted molar refractivity (Wildman–Crippen MR) is 116 cm³/mol. The highest BCUT2D eigenvalue weighted by atomic mass is 32.2. The molecule has 174 valence electrons. The smallest absolute Gasteiger partial charge is 0.240 e. The average Bonchev–Trinajstić information content (AvgIpc) is 3.01. The molecule has 2 aromatic rings. The Bertz CT molecular complexity index is 1030. The van der Waals surface area contributed by atoms with E-state index in [2.05, 4.69) is 9.62 Å². The molecule has 0 bridgehead atoms. The molecule has 1 saturated heterocycles. The van der Waals surface area contributed by atoms with Gasteiger partial charge in [-0.3, -0.25) is 9.69 Å². The minimum atomic E-state index is -4.03. The van der Waals surface area contributed by atoms with Crippen LogP contribution < -0.4 is 9.46 Å². The van der Waals surface area contributed by atoms with Crippen molar-refractivity contribution in [3.63, 3.8) is 0 Å². The number of nitrogens with zero attached hydrogens (tertiary/aromatic N) is 2. The summed E-state index contributed by atoms with van der Waals surface area (Å²) in [6.07, 6.45) is 0.809. The topological polar surface area (TPSA) is 79.0 Å². The van der Waals surface area contributed by atoms with Crippen molar-refractivity contribution in [2.45, 2.75) is 24.3 Å². The quantitative estimate of drug-likeness (QED) is 0.645. The molecule has 0 saturated carbocycles. The lowest BCUT2D eigenvalue weighted by atomic mass is 10.2. The van der Waals surface area contributed by atoms with Gasteiger partial charge in [-0.2, -0.15) is 0 Å². The summed E-state index contributed by atoms with van der Waals surface area (Å²) in [7, 11) is -2.40. The van der Waals surface area contributed by atoms with Crippen molar-refractivity contribution in [2.24, 2.45) is 0 Å². The molecular formula is C22H27F2N3O4S. The first kappa shape index (κ1) is 24.1. The molecule has 0 atom stereocenters. The largest absolute Gasteiger partial charge is 0.497 e. The molecule has 0 unspecified atom stereocenters. The van der Waals surface area contributed by atoms with Crippen molar-refractivity contribution in [3.05, 3.63) is 59.7 Å². The van der Waals surface area contributed by atoms with Crippen LogP contribution in [0.1, 0.15) is 18.4 Å². The molecule has 7 nitrogen and oxygen atoms in total. The molecule has 1 fully saturated rings. The van der Waals surface area contributed by atoms with Crippen molar-refractivity contribution in [1.82, 2.24) is 14.5 Å². The lowest BCUT2D eigenvalue weighted by Gasteiger charge is -2.22. The van der Waals surface area contributed by atoms with Crippen LogP contribution in [0.15, 0.2) is 47.4 Å². The Kier molecular flexibility index (Phi) is 8.16. The summed E-state index contributed by atoms with van der Waals surface area (Å²) < 4.78 is 58.2. The number of hydrogen-bond donors (Lipinski definition) is 1. The van der Waals surface area contributed by atoms with E-state index >= 15 is 0 Å². The number of benzene rings is 2. The van der Waals surface area contributed by atoms with Crippen LogP contribution in [0.25, 0.3) is 0 Å². The molecule has 0 aromatic heterocycles. The second-order valence-corrected chi connectivity index (χ2v) is 9.35. The van der Waals surface area contributed by atoms with Crippen LogP contribution in [0.4, 0.5) is 8.78 Å². The zero-order valence-corrected chi connectivity index (χ0v) is 18.7. The Balaban J connectivity index is 1.46. The average molecular weight is 468 g/mol. The van der Waals surface area contributed by atoms with E-state index in [1.165, 1.54) is 0 Å². The van der Waals surface area contributed by atoms with Crippen LogP contribution in [-0.4, -0.2) is 64.0 Å². The van der Waals surface area contributed by atoms with Gasteiger partial charge in [0.05, 0.1) is 12.0 Å². The summed E-state index contributed by atoms with van der Waals surface area (Å²) in [6.45, 7) is 3.40. The molecule has 1 aliphatic rings. The maximum Gasteiger partial charge on any atom is 0.240 e. The van der Waals surface area contributed by atoms with E-state index in [4.69, 9.17) is 4.74 Å². The number of methoxy groups -OCH3 is 1. The first-order chi connectivity index (χ1) is 15.3. The molecule has 0 spiro atoms. The van der Waals surface area contributed by atoms with Gasteiger partial charge in [0.2, 0.25) is 15.9 Å². The number of hydrogen-bond acceptors (Lipinski definition) is 5. The highest BCUT2D eigenvalue weighted by molar-refractivity contribution is 7.89. The maximum atomic E-state index is 13.3. The molecule has 0 aliphatic carbocycles. The Hall–Kier alpha value is -2.56. The third-order valence-electron chi connectivity index (χ3n) is 5.34. The number of ether oxygens (including phenoxy) is 1. The maximum absolute atomic E-state index is 13.3. The van der Waals surface area contributed by atoms with Gasteiger partial charge in [-0.1, -0.05) is 12.1 Å². The van der Waals surface area contributed by atoms with Crippen molar-refractivity contribution in [2.75, 3.05) is 39.8 Å². The van der Waals surface area contributed by atoms with Crippen LogP contribution in [-0.2, 0) is 21.4 Å². The van der Waals surface area contributed by atoms with Gasteiger partial charge in [-0.05, 0) is 42.3 Å². The normalized spacial score (nSPS) is 15.4. The number of nitrogens with one attached hydrogen (secondary N) is 1. The minimum Gasteiger partial charge on any atom is -0.497 e. The summed E-state index contributed by atoms with van der Waals surface area (Å²) in [4.78, 5) is 16.2. The van der Waals surface area contributed by atoms with Gasteiger partial charge in [0.1, 0.15) is 5.75 Å². The number of amides is 1. The molecule has 2 aromatic carbocycles. The van der Waals surface area contributed by atoms with Crippen molar-refractivity contribution >= 4 is 15.9 Å². The van der Waals surface area contributed by atoms with Crippen molar-refractivity contribution in [3.8, 4) is 5.75 Å². The Morgan fingerprint density at radius 2 is 1.78 bits per heavy atom. The van der Waals surface area contributed by atoms with Crippen molar-refractivity contribution < 1.29 is 26.7 Å². The lowest BCUT2D eigenvalue weighted by molar-refractivity contribution is -0.130. The molecule has 10 heteroatoms. The fourth-order valence-electron chi connectivity index (χ4n) is 3.55. The van der Waals surface area contributed by atoms with E-state index in [9.17, 15) is 22.0 Å². The van der Waals surface area contributed by atoms with Crippen LogP contribution in [0, 0.1) is 11.6 Å². The van der Waals surface area contributed by atoms with Gasteiger partial charge in [0.15, 0.2) is 11.6 Å². The van der Waals surface area contributed by atoms with E-state index in [0.29, 0.717) is 19.2 Å². The molecule has 1 amide bonds. The summed E-state index contributed by atoms with van der Waals surface area (Å²) in [5, 5.41) is 0. The highest BCUT2D eigenvalue weighted by Crippen LogP contribution is 2.15. The molecule has 1 N–H and O–H groups in total. The summed E-state index contributed by atoms with van der Waals surface area (Å²) in [5.74, 6) is -1.71. The van der Waals surface area contributed by atoms with E-state index in [1.807, 2.05) is 24.3 Å².